The Morgan fingerprint density at radius 3 is 1.79 bits per heavy atom. The maximum atomic E-state index is 9.24. The second-order valence-corrected chi connectivity index (χ2v) is 6.29. The molecule has 0 unspecified atom stereocenters. The molecule has 1 rings (SSSR count). The predicted molar refractivity (Wildman–Crippen MR) is 100 cm³/mol. The summed E-state index contributed by atoms with van der Waals surface area (Å²) >= 11 is 0. The highest BCUT2D eigenvalue weighted by Gasteiger charge is 2.12. The average molecular weight is 332 g/mol. The number of oxime groups is 2. The first-order chi connectivity index (χ1) is 11.8. The number of rotatable bonds is 13. The van der Waals surface area contributed by atoms with Crippen LogP contribution in [-0.4, -0.2) is 21.8 Å². The number of hydrogen-bond acceptors (Lipinski definition) is 4. The third-order valence-electron chi connectivity index (χ3n) is 4.31. The standard InChI is InChI=1S/C20H32N2O2/c1-2-3-4-5-6-7-8-9-10-14-17-19(21-23)20(22-24)18-15-12-11-13-16-18/h11-13,15-16,23-24H,2-10,14,17H2,1H3. The van der Waals surface area contributed by atoms with Crippen LogP contribution in [0.25, 0.3) is 0 Å². The van der Waals surface area contributed by atoms with Crippen molar-refractivity contribution in [1.29, 1.82) is 0 Å². The van der Waals surface area contributed by atoms with Crippen LogP contribution in [0.15, 0.2) is 40.6 Å². The number of unbranched alkanes of at least 4 members (excludes halogenated alkanes) is 9. The quantitative estimate of drug-likeness (QED) is 0.201. The molecule has 0 aliphatic carbocycles. The Labute approximate surface area is 146 Å². The maximum Gasteiger partial charge on any atom is 0.134 e. The molecule has 2 N–H and O–H groups in total. The third kappa shape index (κ3) is 8.14. The van der Waals surface area contributed by atoms with E-state index in [0.717, 1.165) is 18.4 Å². The van der Waals surface area contributed by atoms with Crippen LogP contribution in [0, 0.1) is 0 Å². The van der Waals surface area contributed by atoms with Crippen LogP contribution in [-0.2, 0) is 0 Å². The zero-order valence-corrected chi connectivity index (χ0v) is 15.0. The second kappa shape index (κ2) is 13.6. The molecule has 24 heavy (non-hydrogen) atoms. The highest BCUT2D eigenvalue weighted by atomic mass is 16.4. The van der Waals surface area contributed by atoms with Gasteiger partial charge in [-0.15, -0.1) is 0 Å². The van der Waals surface area contributed by atoms with E-state index in [2.05, 4.69) is 17.2 Å². The first-order valence-corrected chi connectivity index (χ1v) is 9.32. The number of hydrogen-bond donors (Lipinski definition) is 2. The van der Waals surface area contributed by atoms with Gasteiger partial charge in [0, 0.05) is 5.56 Å². The summed E-state index contributed by atoms with van der Waals surface area (Å²) in [5, 5.41) is 25.1. The van der Waals surface area contributed by atoms with Gasteiger partial charge >= 0.3 is 0 Å². The molecule has 0 bridgehead atoms. The van der Waals surface area contributed by atoms with E-state index in [1.165, 1.54) is 51.4 Å². The Morgan fingerprint density at radius 1 is 0.750 bits per heavy atom. The van der Waals surface area contributed by atoms with Crippen LogP contribution in [0.5, 0.6) is 0 Å². The third-order valence-corrected chi connectivity index (χ3v) is 4.31. The fourth-order valence-electron chi connectivity index (χ4n) is 2.87. The molecule has 0 saturated carbocycles. The van der Waals surface area contributed by atoms with Crippen molar-refractivity contribution in [2.24, 2.45) is 10.3 Å². The number of nitrogens with zero attached hydrogens (tertiary/aromatic N) is 2. The van der Waals surface area contributed by atoms with Gasteiger partial charge in [0.2, 0.25) is 0 Å². The van der Waals surface area contributed by atoms with E-state index in [4.69, 9.17) is 0 Å². The summed E-state index contributed by atoms with van der Waals surface area (Å²) in [4.78, 5) is 0. The van der Waals surface area contributed by atoms with E-state index in [-0.39, 0.29) is 0 Å². The lowest BCUT2D eigenvalue weighted by Crippen LogP contribution is -2.16. The topological polar surface area (TPSA) is 65.2 Å². The SMILES string of the molecule is CCCCCCCCCCCCC(=NO)C(=NO)c1ccccc1. The predicted octanol–water partition coefficient (Wildman–Crippen LogP) is 6.01. The summed E-state index contributed by atoms with van der Waals surface area (Å²) in [7, 11) is 0. The lowest BCUT2D eigenvalue weighted by molar-refractivity contribution is 0.313. The minimum atomic E-state index is 0.356. The fraction of sp³-hybridized carbons (Fsp3) is 0.600. The molecule has 0 radical (unpaired) electrons. The molecule has 0 amide bonds. The van der Waals surface area contributed by atoms with Gasteiger partial charge in [-0.2, -0.15) is 0 Å². The minimum absolute atomic E-state index is 0.356. The van der Waals surface area contributed by atoms with Crippen molar-refractivity contribution < 1.29 is 10.4 Å². The van der Waals surface area contributed by atoms with E-state index in [9.17, 15) is 10.4 Å². The molecule has 1 aromatic carbocycles. The van der Waals surface area contributed by atoms with E-state index in [1.807, 2.05) is 30.3 Å². The van der Waals surface area contributed by atoms with Crippen molar-refractivity contribution >= 4 is 11.4 Å². The fourth-order valence-corrected chi connectivity index (χ4v) is 2.87. The summed E-state index contributed by atoms with van der Waals surface area (Å²) in [5.74, 6) is 0. The molecule has 0 aliphatic heterocycles. The summed E-state index contributed by atoms with van der Waals surface area (Å²) in [6.07, 6.45) is 13.2. The first-order valence-electron chi connectivity index (χ1n) is 9.32. The maximum absolute atomic E-state index is 9.24. The molecular weight excluding hydrogens is 300 g/mol. The van der Waals surface area contributed by atoms with Crippen LogP contribution in [0.4, 0.5) is 0 Å². The van der Waals surface area contributed by atoms with Gasteiger partial charge in [-0.1, -0.05) is 105 Å². The second-order valence-electron chi connectivity index (χ2n) is 6.29. The van der Waals surface area contributed by atoms with Gasteiger partial charge in [0.25, 0.3) is 0 Å². The smallest absolute Gasteiger partial charge is 0.134 e. The highest BCUT2D eigenvalue weighted by Crippen LogP contribution is 2.13. The molecule has 134 valence electrons. The van der Waals surface area contributed by atoms with Crippen molar-refractivity contribution in [2.45, 2.75) is 77.6 Å². The number of benzene rings is 1. The van der Waals surface area contributed by atoms with Crippen LogP contribution >= 0.6 is 0 Å². The molecule has 0 fully saturated rings. The summed E-state index contributed by atoms with van der Waals surface area (Å²) < 4.78 is 0. The molecule has 0 spiro atoms. The summed E-state index contributed by atoms with van der Waals surface area (Å²) in [5.41, 5.74) is 1.57. The first kappa shape index (κ1) is 20.2. The van der Waals surface area contributed by atoms with Gasteiger partial charge in [0.1, 0.15) is 11.4 Å². The van der Waals surface area contributed by atoms with Gasteiger partial charge in [0.15, 0.2) is 0 Å². The Morgan fingerprint density at radius 2 is 1.29 bits per heavy atom. The monoisotopic (exact) mass is 332 g/mol. The molecule has 0 atom stereocenters. The van der Waals surface area contributed by atoms with Gasteiger partial charge in [-0.25, -0.2) is 0 Å². The van der Waals surface area contributed by atoms with Crippen molar-refractivity contribution in [2.75, 3.05) is 0 Å². The van der Waals surface area contributed by atoms with Gasteiger partial charge in [-0.3, -0.25) is 0 Å². The Balaban J connectivity index is 2.21. The Bertz CT molecular complexity index is 484. The molecule has 4 heteroatoms. The normalized spacial score (nSPS) is 12.5. The van der Waals surface area contributed by atoms with Crippen LogP contribution < -0.4 is 0 Å². The van der Waals surface area contributed by atoms with Crippen molar-refractivity contribution in [3.63, 3.8) is 0 Å². The molecule has 0 aromatic heterocycles. The van der Waals surface area contributed by atoms with Crippen molar-refractivity contribution in [3.8, 4) is 0 Å². The van der Waals surface area contributed by atoms with E-state index < -0.39 is 0 Å². The molecule has 0 saturated heterocycles. The minimum Gasteiger partial charge on any atom is -0.411 e. The summed E-state index contributed by atoms with van der Waals surface area (Å²) in [6, 6.07) is 9.33. The molecule has 0 aliphatic rings. The van der Waals surface area contributed by atoms with Gasteiger partial charge in [-0.05, 0) is 12.8 Å². The molecular formula is C20H32N2O2. The van der Waals surface area contributed by atoms with Crippen LogP contribution in [0.2, 0.25) is 0 Å². The highest BCUT2D eigenvalue weighted by molar-refractivity contribution is 6.48. The van der Waals surface area contributed by atoms with Crippen molar-refractivity contribution in [3.05, 3.63) is 35.9 Å². The van der Waals surface area contributed by atoms with Gasteiger partial charge in [0.05, 0.1) is 0 Å². The van der Waals surface area contributed by atoms with Crippen molar-refractivity contribution in [1.82, 2.24) is 0 Å². The van der Waals surface area contributed by atoms with Gasteiger partial charge < -0.3 is 10.4 Å². The summed E-state index contributed by atoms with van der Waals surface area (Å²) in [6.45, 7) is 2.24. The van der Waals surface area contributed by atoms with E-state index in [0.29, 0.717) is 17.8 Å². The average Bonchev–Trinajstić information content (AvgIpc) is 2.63. The Hall–Kier alpha value is -1.84. The zero-order chi connectivity index (χ0) is 17.5. The van der Waals surface area contributed by atoms with E-state index >= 15 is 0 Å². The zero-order valence-electron chi connectivity index (χ0n) is 15.0. The van der Waals surface area contributed by atoms with Crippen LogP contribution in [0.1, 0.15) is 83.1 Å². The lowest BCUT2D eigenvalue weighted by atomic mass is 10.00. The largest absolute Gasteiger partial charge is 0.411 e. The lowest BCUT2D eigenvalue weighted by Gasteiger charge is -2.07. The van der Waals surface area contributed by atoms with E-state index in [1.54, 1.807) is 0 Å². The molecule has 1 aromatic rings. The van der Waals surface area contributed by atoms with Crippen LogP contribution in [0.3, 0.4) is 0 Å². The molecule has 4 nitrogen and oxygen atoms in total. The Kier molecular flexibility index (Phi) is 11.4. The molecule has 0 heterocycles.